The molecule has 0 aromatic carbocycles. The second kappa shape index (κ2) is 5.93. The van der Waals surface area contributed by atoms with Crippen LogP contribution < -0.4 is 0 Å². The van der Waals surface area contributed by atoms with E-state index in [0.717, 1.165) is 6.92 Å². The van der Waals surface area contributed by atoms with Gasteiger partial charge in [0.1, 0.15) is 0 Å². The van der Waals surface area contributed by atoms with Gasteiger partial charge in [0, 0.05) is 5.57 Å². The Labute approximate surface area is 103 Å². The molecule has 0 aliphatic carbocycles. The highest BCUT2D eigenvalue weighted by molar-refractivity contribution is 5.89. The van der Waals surface area contributed by atoms with Crippen LogP contribution in [0.2, 0.25) is 0 Å². The van der Waals surface area contributed by atoms with Gasteiger partial charge in [-0.25, -0.2) is 9.59 Å². The lowest BCUT2D eigenvalue weighted by Crippen LogP contribution is -2.43. The number of alkyl halides is 6. The Kier molecular flexibility index (Phi) is 5.39. The van der Waals surface area contributed by atoms with Gasteiger partial charge in [0.2, 0.25) is 0 Å². The second-order valence-corrected chi connectivity index (χ2v) is 3.33. The van der Waals surface area contributed by atoms with Gasteiger partial charge in [-0.15, -0.1) is 0 Å². The van der Waals surface area contributed by atoms with E-state index in [2.05, 4.69) is 16.1 Å². The highest BCUT2D eigenvalue weighted by atomic mass is 19.4. The average molecular weight is 294 g/mol. The molecule has 0 bridgehead atoms. The van der Waals surface area contributed by atoms with Crippen molar-refractivity contribution in [3.8, 4) is 0 Å². The third-order valence-electron chi connectivity index (χ3n) is 1.46. The molecule has 0 fully saturated rings. The summed E-state index contributed by atoms with van der Waals surface area (Å²) in [5.41, 5.74) is -0.460. The summed E-state index contributed by atoms with van der Waals surface area (Å²) in [7, 11) is 0. The monoisotopic (exact) mass is 294 g/mol. The zero-order valence-corrected chi connectivity index (χ0v) is 9.39. The lowest BCUT2D eigenvalue weighted by molar-refractivity contribution is -0.236. The van der Waals surface area contributed by atoms with Crippen molar-refractivity contribution in [2.75, 3.05) is 6.61 Å². The standard InChI is InChI=1S/C9H8F6O4/c1-4(2)6(16)19-5(9(13,14)15)7(17)18-3-8(10,11)12/h5H,1,3H2,2H3. The minimum atomic E-state index is -5.40. The summed E-state index contributed by atoms with van der Waals surface area (Å²) in [5.74, 6) is -3.94. The molecular formula is C9H8F6O4. The van der Waals surface area contributed by atoms with Crippen LogP contribution in [0.15, 0.2) is 12.2 Å². The highest BCUT2D eigenvalue weighted by Crippen LogP contribution is 2.25. The molecule has 0 saturated heterocycles. The maximum absolute atomic E-state index is 12.3. The SMILES string of the molecule is C=C(C)C(=O)OC(C(=O)OCC(F)(F)F)C(F)(F)F. The van der Waals surface area contributed by atoms with Gasteiger partial charge < -0.3 is 9.47 Å². The van der Waals surface area contributed by atoms with Gasteiger partial charge in [-0.05, 0) is 6.92 Å². The van der Waals surface area contributed by atoms with Crippen LogP contribution in [0, 0.1) is 0 Å². The molecule has 0 rings (SSSR count). The smallest absolute Gasteiger partial charge is 0.436 e. The van der Waals surface area contributed by atoms with E-state index in [1.807, 2.05) is 0 Å². The maximum Gasteiger partial charge on any atom is 0.436 e. The number of carbonyl (C=O) groups is 2. The number of halogens is 6. The van der Waals surface area contributed by atoms with E-state index in [4.69, 9.17) is 0 Å². The van der Waals surface area contributed by atoms with Crippen LogP contribution in [0.5, 0.6) is 0 Å². The topological polar surface area (TPSA) is 52.6 Å². The van der Waals surface area contributed by atoms with E-state index in [1.54, 1.807) is 0 Å². The molecule has 0 amide bonds. The number of carbonyl (C=O) groups excluding carboxylic acids is 2. The quantitative estimate of drug-likeness (QED) is 0.453. The maximum atomic E-state index is 12.3. The summed E-state index contributed by atoms with van der Waals surface area (Å²) in [6, 6.07) is 0. The predicted octanol–water partition coefficient (Wildman–Crippen LogP) is 2.14. The van der Waals surface area contributed by atoms with Crippen molar-refractivity contribution in [1.29, 1.82) is 0 Å². The van der Waals surface area contributed by atoms with Crippen molar-refractivity contribution in [1.82, 2.24) is 0 Å². The summed E-state index contributed by atoms with van der Waals surface area (Å²) < 4.78 is 79.1. The Morgan fingerprint density at radius 3 is 1.95 bits per heavy atom. The van der Waals surface area contributed by atoms with Gasteiger partial charge in [0.05, 0.1) is 0 Å². The average Bonchev–Trinajstić information content (AvgIpc) is 2.19. The molecular weight excluding hydrogens is 286 g/mol. The predicted molar refractivity (Wildman–Crippen MR) is 47.8 cm³/mol. The Balaban J connectivity index is 4.82. The first kappa shape index (κ1) is 17.3. The van der Waals surface area contributed by atoms with Crippen LogP contribution in [0.25, 0.3) is 0 Å². The van der Waals surface area contributed by atoms with Crippen LogP contribution in [0.1, 0.15) is 6.92 Å². The van der Waals surface area contributed by atoms with Crippen molar-refractivity contribution < 1.29 is 45.4 Å². The number of ether oxygens (including phenoxy) is 2. The zero-order chi connectivity index (χ0) is 15.4. The molecule has 1 unspecified atom stereocenters. The van der Waals surface area contributed by atoms with E-state index in [-0.39, 0.29) is 0 Å². The first-order valence-electron chi connectivity index (χ1n) is 4.51. The van der Waals surface area contributed by atoms with Gasteiger partial charge in [-0.1, -0.05) is 6.58 Å². The molecule has 0 radical (unpaired) electrons. The van der Waals surface area contributed by atoms with E-state index >= 15 is 0 Å². The Morgan fingerprint density at radius 1 is 1.16 bits per heavy atom. The summed E-state index contributed by atoms with van der Waals surface area (Å²) in [6.07, 6.45) is -13.8. The van der Waals surface area contributed by atoms with E-state index < -0.39 is 42.6 Å². The fourth-order valence-electron chi connectivity index (χ4n) is 0.685. The van der Waals surface area contributed by atoms with E-state index in [0.29, 0.717) is 0 Å². The van der Waals surface area contributed by atoms with Gasteiger partial charge in [-0.2, -0.15) is 26.3 Å². The van der Waals surface area contributed by atoms with Crippen molar-refractivity contribution in [2.45, 2.75) is 25.4 Å². The third-order valence-corrected chi connectivity index (χ3v) is 1.46. The van der Waals surface area contributed by atoms with Crippen molar-refractivity contribution >= 4 is 11.9 Å². The van der Waals surface area contributed by atoms with Gasteiger partial charge in [0.25, 0.3) is 6.10 Å². The zero-order valence-electron chi connectivity index (χ0n) is 9.39. The summed E-state index contributed by atoms with van der Waals surface area (Å²) in [4.78, 5) is 21.7. The largest absolute Gasteiger partial charge is 0.453 e. The summed E-state index contributed by atoms with van der Waals surface area (Å²) >= 11 is 0. The minimum absolute atomic E-state index is 0.460. The second-order valence-electron chi connectivity index (χ2n) is 3.33. The summed E-state index contributed by atoms with van der Waals surface area (Å²) in [6.45, 7) is 1.74. The molecule has 0 heterocycles. The lowest BCUT2D eigenvalue weighted by Gasteiger charge is -2.19. The van der Waals surface area contributed by atoms with E-state index in [1.165, 1.54) is 0 Å². The van der Waals surface area contributed by atoms with Crippen molar-refractivity contribution in [2.24, 2.45) is 0 Å². The molecule has 0 aliphatic rings. The molecule has 0 saturated carbocycles. The van der Waals surface area contributed by atoms with Crippen molar-refractivity contribution in [3.05, 3.63) is 12.2 Å². The van der Waals surface area contributed by atoms with Gasteiger partial charge in [-0.3, -0.25) is 0 Å². The lowest BCUT2D eigenvalue weighted by atomic mass is 10.3. The first-order valence-corrected chi connectivity index (χ1v) is 4.51. The number of esters is 2. The van der Waals surface area contributed by atoms with Gasteiger partial charge in [0.15, 0.2) is 6.61 Å². The van der Waals surface area contributed by atoms with Crippen molar-refractivity contribution in [3.63, 3.8) is 0 Å². The third kappa shape index (κ3) is 6.67. The van der Waals surface area contributed by atoms with Crippen LogP contribution >= 0.6 is 0 Å². The molecule has 1 atom stereocenters. The molecule has 0 aromatic rings. The summed E-state index contributed by atoms with van der Waals surface area (Å²) in [5, 5.41) is 0. The van der Waals surface area contributed by atoms with Gasteiger partial charge >= 0.3 is 24.3 Å². The molecule has 0 spiro atoms. The minimum Gasteiger partial charge on any atom is -0.453 e. The molecule has 110 valence electrons. The Hall–Kier alpha value is -1.74. The van der Waals surface area contributed by atoms with Crippen LogP contribution in [-0.2, 0) is 19.1 Å². The number of hydrogen-bond acceptors (Lipinski definition) is 4. The Bertz CT molecular complexity index is 370. The molecule has 0 aromatic heterocycles. The normalized spacial score (nSPS) is 13.6. The Morgan fingerprint density at radius 2 is 1.63 bits per heavy atom. The number of rotatable bonds is 4. The molecule has 10 heteroatoms. The fourth-order valence-corrected chi connectivity index (χ4v) is 0.685. The fraction of sp³-hybridized carbons (Fsp3) is 0.556. The van der Waals surface area contributed by atoms with Crippen LogP contribution in [0.4, 0.5) is 26.3 Å². The molecule has 0 aliphatic heterocycles. The molecule has 19 heavy (non-hydrogen) atoms. The highest BCUT2D eigenvalue weighted by Gasteiger charge is 2.50. The van der Waals surface area contributed by atoms with Crippen LogP contribution in [0.3, 0.4) is 0 Å². The molecule has 0 N–H and O–H groups in total. The molecule has 4 nitrogen and oxygen atoms in total. The van der Waals surface area contributed by atoms with E-state index in [9.17, 15) is 35.9 Å². The van der Waals surface area contributed by atoms with Crippen LogP contribution in [-0.4, -0.2) is 37.0 Å². The number of hydrogen-bond donors (Lipinski definition) is 0. The first-order chi connectivity index (χ1) is 8.34.